The smallest absolute Gasteiger partial charge is 0.269 e. The summed E-state index contributed by atoms with van der Waals surface area (Å²) in [6, 6.07) is 85.4. The van der Waals surface area contributed by atoms with Gasteiger partial charge in [0.05, 0.1) is 33.4 Å². The van der Waals surface area contributed by atoms with E-state index in [1.54, 1.807) is 0 Å². The van der Waals surface area contributed by atoms with Crippen LogP contribution >= 0.6 is 0 Å². The zero-order valence-corrected chi connectivity index (χ0v) is 49.8. The fraction of sp³-hybridized carbons (Fsp3) is 0.0714. The molecule has 0 radical (unpaired) electrons. The van der Waals surface area contributed by atoms with Crippen LogP contribution in [0.3, 0.4) is 0 Å². The zero-order chi connectivity index (χ0) is 65.8. The van der Waals surface area contributed by atoms with E-state index in [1.165, 1.54) is 23.8 Å². The molecule has 5 aromatic heterocycles. The molecular weight excluding hydrogens is 1110 g/mol. The third kappa shape index (κ3) is 8.34. The van der Waals surface area contributed by atoms with Crippen LogP contribution in [0.1, 0.15) is 45.7 Å². The van der Waals surface area contributed by atoms with Gasteiger partial charge in [-0.05, 0) is 200 Å². The van der Waals surface area contributed by atoms with Crippen LogP contribution in [-0.4, -0.2) is 14.1 Å². The van der Waals surface area contributed by atoms with E-state index in [-0.39, 0.29) is 22.1 Å². The van der Waals surface area contributed by atoms with Crippen LogP contribution in [-0.2, 0) is 5.41 Å². The fourth-order valence-corrected chi connectivity index (χ4v) is 14.0. The highest BCUT2D eigenvalue weighted by Gasteiger charge is 2.29. The molecular formula is C84H58N4O3. The van der Waals surface area contributed by atoms with Crippen molar-refractivity contribution in [1.29, 1.82) is 0 Å². The number of aromatic nitrogens is 4. The van der Waals surface area contributed by atoms with Crippen LogP contribution in [0.5, 0.6) is 11.5 Å². The Balaban J connectivity index is 0.912. The average molecular weight is 1180 g/mol. The monoisotopic (exact) mass is 1180 g/mol. The maximum atomic E-state index is 9.13. The number of rotatable bonds is 7. The molecule has 0 N–H and O–H groups in total. The molecule has 0 spiro atoms. The van der Waals surface area contributed by atoms with Crippen LogP contribution in [0.15, 0.2) is 270 Å². The van der Waals surface area contributed by atoms with Crippen molar-refractivity contribution in [2.45, 2.75) is 39.9 Å². The summed E-state index contributed by atoms with van der Waals surface area (Å²) in [4.78, 5) is 4.94. The van der Waals surface area contributed by atoms with E-state index in [4.69, 9.17) is 26.8 Å². The van der Waals surface area contributed by atoms with Crippen molar-refractivity contribution < 1.29 is 26.4 Å². The van der Waals surface area contributed by atoms with Gasteiger partial charge in [0.25, 0.3) is 6.33 Å². The number of hydrogen-bond acceptors (Lipinski definition) is 4. The molecule has 0 saturated heterocycles. The van der Waals surface area contributed by atoms with Gasteiger partial charge in [-0.3, -0.25) is 13.7 Å². The van der Waals surface area contributed by atoms with Gasteiger partial charge in [0, 0.05) is 52.8 Å². The summed E-state index contributed by atoms with van der Waals surface area (Å²) in [5, 5.41) is 6.14. The van der Waals surface area contributed by atoms with Crippen molar-refractivity contribution in [3.05, 3.63) is 284 Å². The van der Waals surface area contributed by atoms with Gasteiger partial charge >= 0.3 is 0 Å². The van der Waals surface area contributed by atoms with E-state index in [1.807, 2.05) is 106 Å². The fourth-order valence-electron chi connectivity index (χ4n) is 14.0. The van der Waals surface area contributed by atoms with Crippen molar-refractivity contribution in [1.82, 2.24) is 14.1 Å². The molecule has 7 nitrogen and oxygen atoms in total. The third-order valence-electron chi connectivity index (χ3n) is 18.4. The summed E-state index contributed by atoms with van der Waals surface area (Å²) in [5.74, 6) is 1.99. The molecule has 0 aliphatic carbocycles. The molecule has 7 heteroatoms. The molecule has 432 valence electrons. The quantitative estimate of drug-likeness (QED) is 0.118. The van der Waals surface area contributed by atoms with Gasteiger partial charge in [0.2, 0.25) is 0 Å². The maximum absolute atomic E-state index is 9.13. The zero-order valence-electron chi connectivity index (χ0n) is 55.8. The molecule has 6 heterocycles. The predicted molar refractivity (Wildman–Crippen MR) is 371 cm³/mol. The van der Waals surface area contributed by atoms with E-state index < -0.39 is 13.7 Å². The summed E-state index contributed by atoms with van der Waals surface area (Å²) >= 11 is 0. The first-order valence-corrected chi connectivity index (χ1v) is 30.6. The standard InChI is InChI=1S/C84H58N4O3/c1-50-17-14-18-51(2)81(50)68-27-16-26-67-69-41-52(53-32-37-78-70(42-53)65-24-9-12-29-76(65)90-78)31-35-62(69)60-21-6-7-22-61(60)72-44-55(54-33-38-79-71(43-54)66-25-10-13-30-77(66)91-79)45-75-83(72)87(82(67)68)49-86(75)57-19-15-20-58(47-57)89-59-34-36-64-63-23-8-11-28-73(63)88(74(64)48-59)80-46-56(39-40-85-80)84(3,4)5/h6-48H,1-5H3/i1D3,2D3. The SMILES string of the molecule is [2H]C([2H])([2H])c1cccc(C([2H])([2H])[2H])c1-c1cccc2c1-[n+]1[c-]n(-c3cccc(Oc4ccc5c6ccccc6n(-c6cc(C(C)(C)C)ccn6)c5c4)c3)c3cc(-c4ccc5oc6ccccc6c5c4)cc(c31)-c1ccccc1-c1ccc(-c3ccc4oc5ccccc5c4c3)cc1-2. The number of furan rings is 2. The Bertz CT molecular complexity index is 6120. The minimum atomic E-state index is -2.73. The maximum Gasteiger partial charge on any atom is 0.269 e. The molecule has 1 aliphatic heterocycles. The summed E-state index contributed by atoms with van der Waals surface area (Å²) in [5.41, 5.74) is 18.2. The van der Waals surface area contributed by atoms with Gasteiger partial charge in [0.15, 0.2) is 0 Å². The van der Waals surface area contributed by atoms with Crippen molar-refractivity contribution in [3.8, 4) is 95.5 Å². The Morgan fingerprint density at radius 1 is 0.429 bits per heavy atom. The summed E-state index contributed by atoms with van der Waals surface area (Å²) in [6.45, 7) is 1.17. The summed E-state index contributed by atoms with van der Waals surface area (Å²) in [6.07, 6.45) is 5.81. The first kappa shape index (κ1) is 46.6. The molecule has 17 aromatic rings. The highest BCUT2D eigenvalue weighted by Crippen LogP contribution is 2.49. The van der Waals surface area contributed by atoms with Crippen LogP contribution in [0.4, 0.5) is 0 Å². The summed E-state index contributed by atoms with van der Waals surface area (Å²) < 4.78 is 80.8. The molecule has 0 atom stereocenters. The normalized spacial score (nSPS) is 13.5. The molecule has 18 rings (SSSR count). The van der Waals surface area contributed by atoms with Crippen LogP contribution < -0.4 is 9.30 Å². The average Bonchev–Trinajstić information content (AvgIpc) is 1.60. The molecule has 0 amide bonds. The Kier molecular flexibility index (Phi) is 10.2. The largest absolute Gasteiger partial charge is 0.458 e. The van der Waals surface area contributed by atoms with Gasteiger partial charge in [-0.2, -0.15) is 0 Å². The van der Waals surface area contributed by atoms with Crippen molar-refractivity contribution in [2.24, 2.45) is 0 Å². The van der Waals surface area contributed by atoms with Gasteiger partial charge < -0.3 is 13.6 Å². The molecule has 91 heavy (non-hydrogen) atoms. The third-order valence-corrected chi connectivity index (χ3v) is 18.4. The number of nitrogens with zero attached hydrogens (tertiary/aromatic N) is 4. The predicted octanol–water partition coefficient (Wildman–Crippen LogP) is 22.0. The van der Waals surface area contributed by atoms with Crippen molar-refractivity contribution in [3.63, 3.8) is 0 Å². The lowest BCUT2D eigenvalue weighted by atomic mass is 9.85. The number of aryl methyl sites for hydroxylation is 2. The minimum Gasteiger partial charge on any atom is -0.458 e. The number of pyridine rings is 1. The van der Waals surface area contributed by atoms with E-state index in [0.717, 1.165) is 138 Å². The van der Waals surface area contributed by atoms with Gasteiger partial charge in [-0.1, -0.05) is 172 Å². The lowest BCUT2D eigenvalue weighted by Gasteiger charge is -2.21. The number of fused-ring (bicyclic) bond motifs is 16. The summed E-state index contributed by atoms with van der Waals surface area (Å²) in [7, 11) is 0. The van der Waals surface area contributed by atoms with Crippen LogP contribution in [0, 0.1) is 20.0 Å². The Morgan fingerprint density at radius 3 is 1.76 bits per heavy atom. The Labute approximate surface area is 534 Å². The number of para-hydroxylation sites is 4. The number of hydrogen-bond donors (Lipinski definition) is 0. The topological polar surface area (TPSA) is 62.1 Å². The second-order valence-electron chi connectivity index (χ2n) is 24.8. The van der Waals surface area contributed by atoms with Crippen LogP contribution in [0.2, 0.25) is 0 Å². The minimum absolute atomic E-state index is 0.0839. The highest BCUT2D eigenvalue weighted by molar-refractivity contribution is 6.11. The van der Waals surface area contributed by atoms with Gasteiger partial charge in [0.1, 0.15) is 39.6 Å². The molecule has 0 fully saturated rings. The van der Waals surface area contributed by atoms with E-state index in [0.29, 0.717) is 28.4 Å². The number of ether oxygens (including phenoxy) is 1. The number of benzene rings is 12. The first-order chi connectivity index (χ1) is 47.0. The van der Waals surface area contributed by atoms with Crippen LogP contribution in [0.25, 0.3) is 161 Å². The van der Waals surface area contributed by atoms with Gasteiger partial charge in [-0.15, -0.1) is 0 Å². The highest BCUT2D eigenvalue weighted by atomic mass is 16.5. The van der Waals surface area contributed by atoms with E-state index >= 15 is 0 Å². The molecule has 0 saturated carbocycles. The van der Waals surface area contributed by atoms with Gasteiger partial charge in [-0.25, -0.2) is 4.98 Å². The first-order valence-electron chi connectivity index (χ1n) is 33.6. The van der Waals surface area contributed by atoms with Crippen molar-refractivity contribution >= 4 is 76.7 Å². The lowest BCUT2D eigenvalue weighted by molar-refractivity contribution is -0.570. The molecule has 12 aromatic carbocycles. The second-order valence-corrected chi connectivity index (χ2v) is 24.8. The Morgan fingerprint density at radius 2 is 1.01 bits per heavy atom. The molecule has 0 unspecified atom stereocenters. The lowest BCUT2D eigenvalue weighted by Crippen LogP contribution is -2.32. The second kappa shape index (κ2) is 20.0. The van der Waals surface area contributed by atoms with Crippen molar-refractivity contribution in [2.75, 3.05) is 0 Å². The molecule has 1 aliphatic rings. The van der Waals surface area contributed by atoms with E-state index in [2.05, 4.69) is 177 Å². The number of imidazole rings is 1. The van der Waals surface area contributed by atoms with E-state index in [9.17, 15) is 0 Å². The molecule has 0 bridgehead atoms. The Hall–Kier alpha value is -11.5.